The van der Waals surface area contributed by atoms with Crippen molar-refractivity contribution in [3.8, 4) is 0 Å². The first kappa shape index (κ1) is 16.3. The van der Waals surface area contributed by atoms with E-state index in [9.17, 15) is 0 Å². The van der Waals surface area contributed by atoms with Crippen LogP contribution in [0.5, 0.6) is 0 Å². The van der Waals surface area contributed by atoms with Crippen molar-refractivity contribution in [1.29, 1.82) is 0 Å². The van der Waals surface area contributed by atoms with E-state index in [2.05, 4.69) is 60.3 Å². The average molecular weight is 280 g/mol. The van der Waals surface area contributed by atoms with Crippen LogP contribution in [-0.4, -0.2) is 22.5 Å². The van der Waals surface area contributed by atoms with Crippen LogP contribution in [0.15, 0.2) is 0 Å². The highest BCUT2D eigenvalue weighted by Gasteiger charge is 2.53. The molecular weight excluding hydrogens is 242 g/mol. The molecule has 1 heteroatoms. The Morgan fingerprint density at radius 1 is 1.00 bits per heavy atom. The van der Waals surface area contributed by atoms with Crippen LogP contribution < -0.4 is 0 Å². The minimum atomic E-state index is 0.353. The molecule has 2 unspecified atom stereocenters. The van der Waals surface area contributed by atoms with E-state index in [0.717, 1.165) is 23.8 Å². The third kappa shape index (κ3) is 2.67. The SMILES string of the molecule is CC1CCC[C@@H](C(C)C)[C@@H]1N1C(C)C(C)(C)CC1(C)C. The zero-order valence-corrected chi connectivity index (χ0v) is 15.2. The van der Waals surface area contributed by atoms with E-state index < -0.39 is 0 Å². The van der Waals surface area contributed by atoms with Crippen LogP contribution in [0, 0.1) is 23.2 Å². The van der Waals surface area contributed by atoms with Gasteiger partial charge in [-0.2, -0.15) is 0 Å². The molecule has 20 heavy (non-hydrogen) atoms. The highest BCUT2D eigenvalue weighted by Crippen LogP contribution is 2.51. The number of rotatable bonds is 2. The molecule has 0 N–H and O–H groups in total. The second-order valence-corrected chi connectivity index (χ2v) is 9.37. The van der Waals surface area contributed by atoms with Gasteiger partial charge in [0.05, 0.1) is 0 Å². The Morgan fingerprint density at radius 2 is 1.60 bits per heavy atom. The first-order valence-corrected chi connectivity index (χ1v) is 8.86. The number of likely N-dealkylation sites (tertiary alicyclic amines) is 1. The first-order chi connectivity index (χ1) is 9.08. The lowest BCUT2D eigenvalue weighted by atomic mass is 9.71. The summed E-state index contributed by atoms with van der Waals surface area (Å²) >= 11 is 0. The Hall–Kier alpha value is -0.0400. The largest absolute Gasteiger partial charge is 0.291 e. The van der Waals surface area contributed by atoms with Crippen LogP contribution in [-0.2, 0) is 0 Å². The van der Waals surface area contributed by atoms with Crippen LogP contribution in [0.3, 0.4) is 0 Å². The van der Waals surface area contributed by atoms with Crippen molar-refractivity contribution in [1.82, 2.24) is 4.90 Å². The fraction of sp³-hybridized carbons (Fsp3) is 1.00. The van der Waals surface area contributed by atoms with Gasteiger partial charge in [0.15, 0.2) is 0 Å². The van der Waals surface area contributed by atoms with Gasteiger partial charge in [0.1, 0.15) is 0 Å². The van der Waals surface area contributed by atoms with Crippen LogP contribution in [0.2, 0.25) is 0 Å². The molecule has 2 fully saturated rings. The van der Waals surface area contributed by atoms with Gasteiger partial charge >= 0.3 is 0 Å². The standard InChI is InChI=1S/C19H37N/c1-13(2)16-11-9-10-14(3)17(16)20-15(4)18(5,6)12-19(20,7)8/h13-17H,9-12H2,1-8H3/t14?,15?,16-,17+/m0/s1. The lowest BCUT2D eigenvalue weighted by molar-refractivity contribution is -0.0244. The minimum absolute atomic E-state index is 0.353. The summed E-state index contributed by atoms with van der Waals surface area (Å²) in [6.07, 6.45) is 5.63. The Morgan fingerprint density at radius 3 is 2.05 bits per heavy atom. The van der Waals surface area contributed by atoms with Gasteiger partial charge in [-0.05, 0) is 63.2 Å². The zero-order chi connectivity index (χ0) is 15.3. The highest BCUT2D eigenvalue weighted by molar-refractivity contribution is 5.07. The summed E-state index contributed by atoms with van der Waals surface area (Å²) in [6.45, 7) is 19.8. The summed E-state index contributed by atoms with van der Waals surface area (Å²) in [6, 6.07) is 1.49. The Balaban J connectivity index is 2.35. The molecule has 1 aliphatic heterocycles. The van der Waals surface area contributed by atoms with Crippen molar-refractivity contribution >= 4 is 0 Å². The molecule has 1 nitrogen and oxygen atoms in total. The predicted octanol–water partition coefficient (Wildman–Crippen LogP) is 5.35. The van der Waals surface area contributed by atoms with Gasteiger partial charge in [-0.1, -0.05) is 41.0 Å². The number of nitrogens with zero attached hydrogens (tertiary/aromatic N) is 1. The number of hydrogen-bond acceptors (Lipinski definition) is 1. The molecule has 1 saturated heterocycles. The van der Waals surface area contributed by atoms with Gasteiger partial charge in [-0.25, -0.2) is 0 Å². The molecule has 0 radical (unpaired) electrons. The van der Waals surface area contributed by atoms with Crippen molar-refractivity contribution in [3.05, 3.63) is 0 Å². The van der Waals surface area contributed by atoms with Gasteiger partial charge in [0, 0.05) is 17.6 Å². The Kier molecular flexibility index (Phi) is 4.33. The highest BCUT2D eigenvalue weighted by atomic mass is 15.3. The Bertz CT molecular complexity index is 342. The number of hydrogen-bond donors (Lipinski definition) is 0. The molecule has 0 aromatic carbocycles. The second-order valence-electron chi connectivity index (χ2n) is 9.37. The molecule has 0 bridgehead atoms. The summed E-state index contributed by atoms with van der Waals surface area (Å²) in [5.41, 5.74) is 0.800. The molecule has 2 aliphatic rings. The maximum atomic E-state index is 2.93. The maximum Gasteiger partial charge on any atom is 0.0165 e. The van der Waals surface area contributed by atoms with Gasteiger partial charge in [0.25, 0.3) is 0 Å². The van der Waals surface area contributed by atoms with E-state index in [4.69, 9.17) is 0 Å². The fourth-order valence-corrected chi connectivity index (χ4v) is 5.56. The van der Waals surface area contributed by atoms with E-state index in [-0.39, 0.29) is 0 Å². The van der Waals surface area contributed by atoms with Crippen LogP contribution >= 0.6 is 0 Å². The third-order valence-corrected chi connectivity index (χ3v) is 6.53. The summed E-state index contributed by atoms with van der Waals surface area (Å²) in [7, 11) is 0. The molecule has 0 aromatic rings. The van der Waals surface area contributed by atoms with Gasteiger partial charge in [-0.3, -0.25) is 4.90 Å². The average Bonchev–Trinajstić information content (AvgIpc) is 2.44. The molecule has 4 atom stereocenters. The molecular formula is C19H37N. The molecule has 1 heterocycles. The van der Waals surface area contributed by atoms with Crippen LogP contribution in [0.25, 0.3) is 0 Å². The van der Waals surface area contributed by atoms with Gasteiger partial charge in [-0.15, -0.1) is 0 Å². The quantitative estimate of drug-likeness (QED) is 0.659. The molecule has 0 aromatic heterocycles. The maximum absolute atomic E-state index is 2.93. The van der Waals surface area contributed by atoms with E-state index in [1.807, 2.05) is 0 Å². The topological polar surface area (TPSA) is 3.24 Å². The van der Waals surface area contributed by atoms with Crippen molar-refractivity contribution in [2.45, 2.75) is 98.7 Å². The van der Waals surface area contributed by atoms with Gasteiger partial charge < -0.3 is 0 Å². The zero-order valence-electron chi connectivity index (χ0n) is 15.2. The summed E-state index contributed by atoms with van der Waals surface area (Å²) in [5.74, 6) is 2.55. The van der Waals surface area contributed by atoms with Crippen LogP contribution in [0.4, 0.5) is 0 Å². The smallest absolute Gasteiger partial charge is 0.0165 e. The normalized spacial score (nSPS) is 41.2. The minimum Gasteiger partial charge on any atom is -0.291 e. The lowest BCUT2D eigenvalue weighted by Gasteiger charge is -2.51. The van der Waals surface area contributed by atoms with Crippen molar-refractivity contribution in [3.63, 3.8) is 0 Å². The Labute approximate surface area is 127 Å². The van der Waals surface area contributed by atoms with Crippen molar-refractivity contribution < 1.29 is 0 Å². The van der Waals surface area contributed by atoms with Crippen molar-refractivity contribution in [2.75, 3.05) is 0 Å². The van der Waals surface area contributed by atoms with Crippen LogP contribution in [0.1, 0.15) is 81.1 Å². The fourth-order valence-electron chi connectivity index (χ4n) is 5.56. The molecule has 1 saturated carbocycles. The second kappa shape index (κ2) is 5.30. The predicted molar refractivity (Wildman–Crippen MR) is 88.9 cm³/mol. The summed E-state index contributed by atoms with van der Waals surface area (Å²) in [5, 5.41) is 0. The van der Waals surface area contributed by atoms with E-state index >= 15 is 0 Å². The first-order valence-electron chi connectivity index (χ1n) is 8.86. The van der Waals surface area contributed by atoms with E-state index in [1.54, 1.807) is 0 Å². The molecule has 118 valence electrons. The third-order valence-electron chi connectivity index (χ3n) is 6.53. The molecule has 2 rings (SSSR count). The summed E-state index contributed by atoms with van der Waals surface area (Å²) < 4.78 is 0. The van der Waals surface area contributed by atoms with E-state index in [0.29, 0.717) is 17.0 Å². The van der Waals surface area contributed by atoms with Crippen molar-refractivity contribution in [2.24, 2.45) is 23.2 Å². The lowest BCUT2D eigenvalue weighted by Crippen LogP contribution is -2.57. The van der Waals surface area contributed by atoms with E-state index in [1.165, 1.54) is 25.7 Å². The molecule has 0 spiro atoms. The molecule has 0 amide bonds. The summed E-state index contributed by atoms with van der Waals surface area (Å²) in [4.78, 5) is 2.93. The molecule has 1 aliphatic carbocycles. The monoisotopic (exact) mass is 279 g/mol. The van der Waals surface area contributed by atoms with Gasteiger partial charge in [0.2, 0.25) is 0 Å².